The van der Waals surface area contributed by atoms with Crippen molar-refractivity contribution in [1.82, 2.24) is 5.43 Å². The summed E-state index contributed by atoms with van der Waals surface area (Å²) < 4.78 is 23.3. The molecule has 0 saturated heterocycles. The number of hydrogen-bond donors (Lipinski definition) is 1. The zero-order chi connectivity index (χ0) is 21.3. The second-order valence-electron chi connectivity index (χ2n) is 6.25. The summed E-state index contributed by atoms with van der Waals surface area (Å²) in [7, 11) is 1.34. The van der Waals surface area contributed by atoms with E-state index in [0.717, 1.165) is 11.1 Å². The summed E-state index contributed by atoms with van der Waals surface area (Å²) >= 11 is 0. The lowest BCUT2D eigenvalue weighted by molar-refractivity contribution is 0.0600. The zero-order valence-corrected chi connectivity index (χ0v) is 16.2. The molecule has 0 aliphatic heterocycles. The van der Waals surface area contributed by atoms with Gasteiger partial charge in [0.05, 0.1) is 18.9 Å². The third-order valence-corrected chi connectivity index (χ3v) is 4.15. The molecule has 0 heterocycles. The number of nitrogens with zero attached hydrogens (tertiary/aromatic N) is 1. The summed E-state index contributed by atoms with van der Waals surface area (Å²) in [5.74, 6) is -0.548. The Kier molecular flexibility index (Phi) is 6.89. The molecule has 152 valence electrons. The highest BCUT2D eigenvalue weighted by atomic mass is 19.1. The maximum atomic E-state index is 12.9. The lowest BCUT2D eigenvalue weighted by Crippen LogP contribution is -2.17. The number of halogens is 1. The topological polar surface area (TPSA) is 77.0 Å². The molecular formula is C23H19FN2O4. The van der Waals surface area contributed by atoms with Gasteiger partial charge in [0, 0.05) is 5.56 Å². The first-order chi connectivity index (χ1) is 14.5. The molecule has 7 heteroatoms. The molecule has 1 N–H and O–H groups in total. The van der Waals surface area contributed by atoms with Gasteiger partial charge >= 0.3 is 5.97 Å². The van der Waals surface area contributed by atoms with Crippen molar-refractivity contribution in [1.29, 1.82) is 0 Å². The molecule has 3 aromatic rings. The third-order valence-electron chi connectivity index (χ3n) is 4.15. The summed E-state index contributed by atoms with van der Waals surface area (Å²) in [5, 5.41) is 3.90. The fraction of sp³-hybridized carbons (Fsp3) is 0.0870. The van der Waals surface area contributed by atoms with Crippen LogP contribution in [0.5, 0.6) is 5.75 Å². The van der Waals surface area contributed by atoms with Crippen LogP contribution in [0.3, 0.4) is 0 Å². The van der Waals surface area contributed by atoms with Crippen molar-refractivity contribution in [2.45, 2.75) is 6.61 Å². The van der Waals surface area contributed by atoms with Crippen LogP contribution in [0.15, 0.2) is 77.9 Å². The smallest absolute Gasteiger partial charge is 0.337 e. The highest BCUT2D eigenvalue weighted by Crippen LogP contribution is 2.14. The van der Waals surface area contributed by atoms with E-state index in [0.29, 0.717) is 23.5 Å². The number of carbonyl (C=O) groups excluding carboxylic acids is 2. The van der Waals surface area contributed by atoms with Gasteiger partial charge in [-0.3, -0.25) is 4.79 Å². The molecule has 0 bridgehead atoms. The Balaban J connectivity index is 1.49. The fourth-order valence-electron chi connectivity index (χ4n) is 2.50. The quantitative estimate of drug-likeness (QED) is 0.366. The van der Waals surface area contributed by atoms with Crippen molar-refractivity contribution >= 4 is 18.1 Å². The van der Waals surface area contributed by atoms with Gasteiger partial charge in [0.1, 0.15) is 18.2 Å². The van der Waals surface area contributed by atoms with Gasteiger partial charge in [-0.05, 0) is 71.8 Å². The highest BCUT2D eigenvalue weighted by Gasteiger charge is 2.05. The van der Waals surface area contributed by atoms with E-state index >= 15 is 0 Å². The van der Waals surface area contributed by atoms with Crippen LogP contribution >= 0.6 is 0 Å². The van der Waals surface area contributed by atoms with E-state index in [2.05, 4.69) is 15.3 Å². The van der Waals surface area contributed by atoms with E-state index in [1.54, 1.807) is 48.5 Å². The lowest BCUT2D eigenvalue weighted by atomic mass is 10.1. The van der Waals surface area contributed by atoms with Crippen molar-refractivity contribution in [2.24, 2.45) is 5.10 Å². The van der Waals surface area contributed by atoms with Crippen LogP contribution in [0.4, 0.5) is 4.39 Å². The third kappa shape index (κ3) is 5.75. The number of benzene rings is 3. The molecule has 0 aromatic heterocycles. The molecule has 0 radical (unpaired) electrons. The maximum absolute atomic E-state index is 12.9. The van der Waals surface area contributed by atoms with Crippen LogP contribution < -0.4 is 10.2 Å². The highest BCUT2D eigenvalue weighted by molar-refractivity contribution is 5.94. The molecule has 6 nitrogen and oxygen atoms in total. The molecule has 3 aromatic carbocycles. The normalized spacial score (nSPS) is 10.6. The number of ether oxygens (including phenoxy) is 2. The van der Waals surface area contributed by atoms with Gasteiger partial charge in [0.25, 0.3) is 5.91 Å². The number of amides is 1. The molecule has 0 unspecified atom stereocenters. The standard InChI is InChI=1S/C23H19FN2O4/c1-29-23(28)19-6-2-17(3-7-19)15-30-21-12-4-16(5-13-21)14-25-26-22(27)18-8-10-20(24)11-9-18/h2-14H,15H2,1H3,(H,26,27)/b25-14+. The Bertz CT molecular complexity index is 1030. The Morgan fingerprint density at radius 1 is 0.933 bits per heavy atom. The first-order valence-electron chi connectivity index (χ1n) is 9.04. The Morgan fingerprint density at radius 2 is 1.57 bits per heavy atom. The van der Waals surface area contributed by atoms with E-state index in [4.69, 9.17) is 4.74 Å². The van der Waals surface area contributed by atoms with Gasteiger partial charge in [-0.2, -0.15) is 5.10 Å². The first kappa shape index (κ1) is 20.7. The molecule has 0 aliphatic carbocycles. The molecule has 0 saturated carbocycles. The summed E-state index contributed by atoms with van der Waals surface area (Å²) in [6.07, 6.45) is 1.50. The van der Waals surface area contributed by atoms with Crippen LogP contribution in [0.2, 0.25) is 0 Å². The monoisotopic (exact) mass is 406 g/mol. The fourth-order valence-corrected chi connectivity index (χ4v) is 2.50. The Morgan fingerprint density at radius 3 is 2.20 bits per heavy atom. The molecule has 0 aliphatic rings. The average Bonchev–Trinajstić information content (AvgIpc) is 2.78. The summed E-state index contributed by atoms with van der Waals surface area (Å²) in [5.41, 5.74) is 4.87. The van der Waals surface area contributed by atoms with Gasteiger partial charge in [0.15, 0.2) is 0 Å². The molecule has 0 spiro atoms. The van der Waals surface area contributed by atoms with E-state index < -0.39 is 11.7 Å². The number of carbonyl (C=O) groups is 2. The summed E-state index contributed by atoms with van der Waals surface area (Å²) in [6, 6.07) is 19.3. The summed E-state index contributed by atoms with van der Waals surface area (Å²) in [6.45, 7) is 0.350. The lowest BCUT2D eigenvalue weighted by Gasteiger charge is -2.07. The van der Waals surface area contributed by atoms with Crippen molar-refractivity contribution in [3.05, 3.63) is 101 Å². The zero-order valence-electron chi connectivity index (χ0n) is 16.2. The van der Waals surface area contributed by atoms with E-state index in [9.17, 15) is 14.0 Å². The van der Waals surface area contributed by atoms with Crippen molar-refractivity contribution < 1.29 is 23.5 Å². The second kappa shape index (κ2) is 9.97. The van der Waals surface area contributed by atoms with Crippen LogP contribution in [0, 0.1) is 5.82 Å². The molecular weight excluding hydrogens is 387 g/mol. The molecule has 0 fully saturated rings. The van der Waals surface area contributed by atoms with Crippen molar-refractivity contribution in [3.8, 4) is 5.75 Å². The van der Waals surface area contributed by atoms with Crippen LogP contribution in [0.25, 0.3) is 0 Å². The molecule has 0 atom stereocenters. The predicted molar refractivity (Wildman–Crippen MR) is 110 cm³/mol. The number of hydrogen-bond acceptors (Lipinski definition) is 5. The van der Waals surface area contributed by atoms with Gasteiger partial charge in [-0.1, -0.05) is 12.1 Å². The average molecular weight is 406 g/mol. The van der Waals surface area contributed by atoms with Gasteiger partial charge in [0.2, 0.25) is 0 Å². The number of hydrazone groups is 1. The number of esters is 1. The van der Waals surface area contributed by atoms with E-state index in [-0.39, 0.29) is 5.97 Å². The predicted octanol–water partition coefficient (Wildman–Crippen LogP) is 3.96. The van der Waals surface area contributed by atoms with Gasteiger partial charge < -0.3 is 9.47 Å². The number of rotatable bonds is 7. The Hall–Kier alpha value is -4.00. The van der Waals surface area contributed by atoms with Gasteiger partial charge in [-0.25, -0.2) is 14.6 Å². The molecule has 1 amide bonds. The second-order valence-corrected chi connectivity index (χ2v) is 6.25. The number of nitrogens with one attached hydrogen (secondary N) is 1. The van der Waals surface area contributed by atoms with Crippen LogP contribution in [-0.2, 0) is 11.3 Å². The Labute approximate surface area is 173 Å². The van der Waals surface area contributed by atoms with E-state index in [1.807, 2.05) is 0 Å². The summed E-state index contributed by atoms with van der Waals surface area (Å²) in [4.78, 5) is 23.3. The van der Waals surface area contributed by atoms with Crippen LogP contribution in [-0.4, -0.2) is 25.2 Å². The molecule has 3 rings (SSSR count). The number of methoxy groups -OCH3 is 1. The minimum absolute atomic E-state index is 0.317. The minimum Gasteiger partial charge on any atom is -0.489 e. The minimum atomic E-state index is -0.426. The van der Waals surface area contributed by atoms with Crippen molar-refractivity contribution in [3.63, 3.8) is 0 Å². The van der Waals surface area contributed by atoms with Gasteiger partial charge in [-0.15, -0.1) is 0 Å². The molecule has 30 heavy (non-hydrogen) atoms. The maximum Gasteiger partial charge on any atom is 0.337 e. The first-order valence-corrected chi connectivity index (χ1v) is 9.04. The largest absolute Gasteiger partial charge is 0.489 e. The SMILES string of the molecule is COC(=O)c1ccc(COc2ccc(/C=N/NC(=O)c3ccc(F)cc3)cc2)cc1. The van der Waals surface area contributed by atoms with Crippen LogP contribution in [0.1, 0.15) is 31.8 Å². The van der Waals surface area contributed by atoms with E-state index in [1.165, 1.54) is 37.6 Å². The van der Waals surface area contributed by atoms with Crippen molar-refractivity contribution in [2.75, 3.05) is 7.11 Å².